The predicted molar refractivity (Wildman–Crippen MR) is 137 cm³/mol. The van der Waals surface area contributed by atoms with E-state index in [1.165, 1.54) is 5.56 Å². The number of hydrogen-bond donors (Lipinski definition) is 2. The molecule has 0 bridgehead atoms. The zero-order valence-corrected chi connectivity index (χ0v) is 19.6. The van der Waals surface area contributed by atoms with Crippen molar-refractivity contribution in [3.8, 4) is 11.3 Å². The molecule has 4 aromatic rings. The number of pyridine rings is 1. The number of anilines is 1. The molecule has 0 aliphatic carbocycles. The molecular formula is C27H29N5O3. The van der Waals surface area contributed by atoms with Crippen LogP contribution in [0.15, 0.2) is 48.5 Å². The predicted octanol–water partition coefficient (Wildman–Crippen LogP) is 3.15. The molecule has 2 aromatic carbocycles. The number of aromatic nitrogens is 2. The van der Waals surface area contributed by atoms with Crippen molar-refractivity contribution >= 4 is 33.5 Å². The molecule has 6 rings (SSSR count). The molecule has 180 valence electrons. The van der Waals surface area contributed by atoms with Crippen LogP contribution in [0.3, 0.4) is 0 Å². The summed E-state index contributed by atoms with van der Waals surface area (Å²) in [5.41, 5.74) is 12.7. The van der Waals surface area contributed by atoms with Crippen molar-refractivity contribution in [3.63, 3.8) is 0 Å². The standard InChI is InChI=1S/C27H29N5O3/c28-27(33)22-16-23(19-3-1-18(2-4-19)17-31-7-11-34-12-8-31)29-25-21-6-5-20(15-24(21)30-26(22)25)32-9-13-35-14-10-32/h1-6,15-16,30H,7-14,17H2,(H2,28,33). The van der Waals surface area contributed by atoms with Crippen LogP contribution in [0, 0.1) is 0 Å². The van der Waals surface area contributed by atoms with Gasteiger partial charge < -0.3 is 25.1 Å². The molecule has 8 heteroatoms. The van der Waals surface area contributed by atoms with Gasteiger partial charge in [0.1, 0.15) is 0 Å². The molecular weight excluding hydrogens is 442 g/mol. The maximum atomic E-state index is 12.4. The van der Waals surface area contributed by atoms with Crippen LogP contribution >= 0.6 is 0 Å². The molecule has 2 aliphatic heterocycles. The zero-order chi connectivity index (χ0) is 23.8. The number of fused-ring (bicyclic) bond motifs is 3. The summed E-state index contributed by atoms with van der Waals surface area (Å²) in [6, 6.07) is 16.5. The largest absolute Gasteiger partial charge is 0.379 e. The number of nitrogens with two attached hydrogens (primary N) is 1. The van der Waals surface area contributed by atoms with Crippen molar-refractivity contribution in [3.05, 3.63) is 59.7 Å². The Kier molecular flexibility index (Phi) is 5.85. The number of benzene rings is 2. The van der Waals surface area contributed by atoms with Crippen LogP contribution < -0.4 is 10.6 Å². The quantitative estimate of drug-likeness (QED) is 0.464. The Morgan fingerprint density at radius 3 is 2.37 bits per heavy atom. The van der Waals surface area contributed by atoms with Crippen LogP contribution in [0.2, 0.25) is 0 Å². The monoisotopic (exact) mass is 471 g/mol. The first-order valence-corrected chi connectivity index (χ1v) is 12.1. The topological polar surface area (TPSA) is 96.7 Å². The fraction of sp³-hybridized carbons (Fsp3) is 0.333. The highest BCUT2D eigenvalue weighted by Gasteiger charge is 2.18. The molecule has 0 radical (unpaired) electrons. The number of rotatable bonds is 5. The van der Waals surface area contributed by atoms with Gasteiger partial charge in [-0.3, -0.25) is 9.69 Å². The van der Waals surface area contributed by atoms with Crippen LogP contribution in [0.1, 0.15) is 15.9 Å². The molecule has 0 atom stereocenters. The molecule has 0 unspecified atom stereocenters. The van der Waals surface area contributed by atoms with E-state index in [9.17, 15) is 4.79 Å². The van der Waals surface area contributed by atoms with Gasteiger partial charge in [0.25, 0.3) is 5.91 Å². The first-order valence-electron chi connectivity index (χ1n) is 12.1. The van der Waals surface area contributed by atoms with Crippen LogP contribution in [-0.4, -0.2) is 73.4 Å². The van der Waals surface area contributed by atoms with Gasteiger partial charge in [0, 0.05) is 49.4 Å². The van der Waals surface area contributed by atoms with Gasteiger partial charge in [-0.25, -0.2) is 4.98 Å². The van der Waals surface area contributed by atoms with Crippen molar-refractivity contribution in [2.24, 2.45) is 5.73 Å². The van der Waals surface area contributed by atoms with Crippen molar-refractivity contribution < 1.29 is 14.3 Å². The van der Waals surface area contributed by atoms with E-state index in [4.69, 9.17) is 20.2 Å². The number of ether oxygens (including phenoxy) is 2. The Morgan fingerprint density at radius 1 is 0.943 bits per heavy atom. The molecule has 0 saturated carbocycles. The Hall–Kier alpha value is -3.46. The first kappa shape index (κ1) is 22.0. The number of carbonyl (C=O) groups is 1. The lowest BCUT2D eigenvalue weighted by atomic mass is 10.0. The minimum absolute atomic E-state index is 0.450. The van der Waals surface area contributed by atoms with Crippen molar-refractivity contribution in [1.82, 2.24) is 14.9 Å². The molecule has 2 aliphatic rings. The summed E-state index contributed by atoms with van der Waals surface area (Å²) in [4.78, 5) is 25.5. The van der Waals surface area contributed by atoms with E-state index < -0.39 is 5.91 Å². The molecule has 2 saturated heterocycles. The molecule has 2 aromatic heterocycles. The molecule has 2 fully saturated rings. The van der Waals surface area contributed by atoms with Crippen LogP contribution in [0.4, 0.5) is 5.69 Å². The molecule has 3 N–H and O–H groups in total. The van der Waals surface area contributed by atoms with Crippen molar-refractivity contribution in [2.75, 3.05) is 57.5 Å². The maximum Gasteiger partial charge on any atom is 0.250 e. The van der Waals surface area contributed by atoms with Gasteiger partial charge in [-0.15, -0.1) is 0 Å². The minimum Gasteiger partial charge on any atom is -0.379 e. The summed E-state index contributed by atoms with van der Waals surface area (Å²) >= 11 is 0. The van der Waals surface area contributed by atoms with E-state index >= 15 is 0 Å². The van der Waals surface area contributed by atoms with Gasteiger partial charge in [-0.1, -0.05) is 24.3 Å². The molecule has 0 spiro atoms. The van der Waals surface area contributed by atoms with Crippen LogP contribution in [0.5, 0.6) is 0 Å². The van der Waals surface area contributed by atoms with E-state index in [1.54, 1.807) is 6.07 Å². The van der Waals surface area contributed by atoms with E-state index in [2.05, 4.69) is 57.2 Å². The lowest BCUT2D eigenvalue weighted by Crippen LogP contribution is -2.36. The SMILES string of the molecule is NC(=O)c1cc(-c2ccc(CN3CCOCC3)cc2)nc2c1[nH]c1cc(N3CCOCC3)ccc12. The third-order valence-electron chi connectivity index (χ3n) is 6.94. The zero-order valence-electron chi connectivity index (χ0n) is 19.6. The molecule has 4 heterocycles. The fourth-order valence-corrected chi connectivity index (χ4v) is 5.00. The summed E-state index contributed by atoms with van der Waals surface area (Å²) < 4.78 is 10.9. The van der Waals surface area contributed by atoms with Gasteiger partial charge in [-0.2, -0.15) is 0 Å². The lowest BCUT2D eigenvalue weighted by Gasteiger charge is -2.28. The van der Waals surface area contributed by atoms with Crippen LogP contribution in [0.25, 0.3) is 33.2 Å². The summed E-state index contributed by atoms with van der Waals surface area (Å²) in [7, 11) is 0. The van der Waals surface area contributed by atoms with Gasteiger partial charge >= 0.3 is 0 Å². The number of hydrogen-bond acceptors (Lipinski definition) is 6. The number of aromatic amines is 1. The van der Waals surface area contributed by atoms with Gasteiger partial charge in [-0.05, 0) is 29.8 Å². The maximum absolute atomic E-state index is 12.4. The third-order valence-corrected chi connectivity index (χ3v) is 6.94. The van der Waals surface area contributed by atoms with Crippen molar-refractivity contribution in [1.29, 1.82) is 0 Å². The molecule has 1 amide bonds. The Balaban J connectivity index is 1.36. The van der Waals surface area contributed by atoms with E-state index in [0.717, 1.165) is 92.5 Å². The first-order chi connectivity index (χ1) is 17.2. The minimum atomic E-state index is -0.470. The molecule has 8 nitrogen and oxygen atoms in total. The third kappa shape index (κ3) is 4.36. The number of morpholine rings is 2. The number of amides is 1. The summed E-state index contributed by atoms with van der Waals surface area (Å²) in [5, 5.41) is 0.977. The Labute approximate surface area is 203 Å². The van der Waals surface area contributed by atoms with Crippen molar-refractivity contribution in [2.45, 2.75) is 6.54 Å². The number of H-pyrrole nitrogens is 1. The van der Waals surface area contributed by atoms with E-state index in [-0.39, 0.29) is 0 Å². The number of nitrogens with one attached hydrogen (secondary N) is 1. The number of primary amides is 1. The number of nitrogens with zero attached hydrogens (tertiary/aromatic N) is 3. The highest BCUT2D eigenvalue weighted by Crippen LogP contribution is 2.32. The highest BCUT2D eigenvalue weighted by molar-refractivity contribution is 6.14. The second-order valence-corrected chi connectivity index (χ2v) is 9.18. The Morgan fingerprint density at radius 2 is 1.66 bits per heavy atom. The van der Waals surface area contributed by atoms with Gasteiger partial charge in [0.15, 0.2) is 0 Å². The lowest BCUT2D eigenvalue weighted by molar-refractivity contribution is 0.0342. The second kappa shape index (κ2) is 9.30. The normalized spacial score (nSPS) is 17.3. The average Bonchev–Trinajstić information content (AvgIpc) is 3.27. The van der Waals surface area contributed by atoms with E-state index in [0.29, 0.717) is 11.1 Å². The summed E-state index contributed by atoms with van der Waals surface area (Å²) in [6.07, 6.45) is 0. The number of carbonyl (C=O) groups excluding carboxylic acids is 1. The van der Waals surface area contributed by atoms with Crippen LogP contribution in [-0.2, 0) is 16.0 Å². The summed E-state index contributed by atoms with van der Waals surface area (Å²) in [5.74, 6) is -0.470. The second-order valence-electron chi connectivity index (χ2n) is 9.18. The molecule has 35 heavy (non-hydrogen) atoms. The average molecular weight is 472 g/mol. The summed E-state index contributed by atoms with van der Waals surface area (Å²) in [6.45, 7) is 7.57. The smallest absolute Gasteiger partial charge is 0.250 e. The highest BCUT2D eigenvalue weighted by atomic mass is 16.5. The fourth-order valence-electron chi connectivity index (χ4n) is 5.00. The van der Waals surface area contributed by atoms with Gasteiger partial charge in [0.05, 0.1) is 54.2 Å². The van der Waals surface area contributed by atoms with E-state index in [1.807, 2.05) is 0 Å². The Bertz CT molecular complexity index is 1370. The van der Waals surface area contributed by atoms with Gasteiger partial charge in [0.2, 0.25) is 0 Å².